The van der Waals surface area contributed by atoms with E-state index in [0.717, 1.165) is 56.1 Å². The second kappa shape index (κ2) is 10.7. The summed E-state index contributed by atoms with van der Waals surface area (Å²) in [5.74, 6) is 0.623. The van der Waals surface area contributed by atoms with Crippen LogP contribution >= 0.6 is 0 Å². The molecule has 0 aliphatic carbocycles. The monoisotopic (exact) mass is 435 g/mol. The van der Waals surface area contributed by atoms with E-state index in [4.69, 9.17) is 4.74 Å². The predicted molar refractivity (Wildman–Crippen MR) is 118 cm³/mol. The zero-order chi connectivity index (χ0) is 21.4. The lowest BCUT2D eigenvalue weighted by molar-refractivity contribution is 0.255. The molecule has 0 unspecified atom stereocenters. The summed E-state index contributed by atoms with van der Waals surface area (Å²) in [4.78, 5) is 4.59. The lowest BCUT2D eigenvalue weighted by atomic mass is 10.2. The Bertz CT molecular complexity index is 881. The van der Waals surface area contributed by atoms with E-state index in [1.54, 1.807) is 7.11 Å². The third-order valence-corrected chi connectivity index (χ3v) is 6.74. The van der Waals surface area contributed by atoms with Crippen molar-refractivity contribution in [2.75, 3.05) is 57.0 Å². The van der Waals surface area contributed by atoms with Crippen LogP contribution in [0.15, 0.2) is 48.5 Å². The fraction of sp³-hybridized carbons (Fsp3) is 0.455. The highest BCUT2D eigenvalue weighted by Crippen LogP contribution is 2.17. The molecular formula is C22H30FN3O3S. The van der Waals surface area contributed by atoms with Crippen LogP contribution in [0.4, 0.5) is 10.1 Å². The number of anilines is 1. The smallest absolute Gasteiger partial charge is 0.211 e. The van der Waals surface area contributed by atoms with Crippen molar-refractivity contribution in [3.05, 3.63) is 59.9 Å². The summed E-state index contributed by atoms with van der Waals surface area (Å²) in [7, 11) is -1.68. The maximum absolute atomic E-state index is 13.1. The minimum atomic E-state index is -3.29. The highest BCUT2D eigenvalue weighted by molar-refractivity contribution is 7.89. The molecule has 1 fully saturated rings. The first kappa shape index (κ1) is 22.5. The first-order valence-corrected chi connectivity index (χ1v) is 11.9. The summed E-state index contributed by atoms with van der Waals surface area (Å²) < 4.78 is 45.3. The summed E-state index contributed by atoms with van der Waals surface area (Å²) in [5, 5.41) is 0. The highest BCUT2D eigenvalue weighted by atomic mass is 32.2. The Kier molecular flexibility index (Phi) is 8.07. The van der Waals surface area contributed by atoms with Crippen molar-refractivity contribution < 1.29 is 17.5 Å². The molecule has 1 aliphatic rings. The largest absolute Gasteiger partial charge is 0.497 e. The van der Waals surface area contributed by atoms with Crippen LogP contribution in [-0.4, -0.2) is 65.4 Å². The van der Waals surface area contributed by atoms with Gasteiger partial charge in [-0.1, -0.05) is 12.1 Å². The van der Waals surface area contributed by atoms with Gasteiger partial charge in [-0.3, -0.25) is 4.90 Å². The number of piperazine rings is 1. The molecule has 3 rings (SSSR count). The van der Waals surface area contributed by atoms with Crippen LogP contribution in [0.2, 0.25) is 0 Å². The molecule has 2 aromatic carbocycles. The Hall–Kier alpha value is -2.16. The van der Waals surface area contributed by atoms with Crippen molar-refractivity contribution in [1.29, 1.82) is 0 Å². The van der Waals surface area contributed by atoms with Gasteiger partial charge in [-0.25, -0.2) is 17.5 Å². The van der Waals surface area contributed by atoms with Gasteiger partial charge in [0.25, 0.3) is 0 Å². The summed E-state index contributed by atoms with van der Waals surface area (Å²) in [6, 6.07) is 14.1. The van der Waals surface area contributed by atoms with Gasteiger partial charge in [0.1, 0.15) is 11.6 Å². The van der Waals surface area contributed by atoms with Gasteiger partial charge in [0.05, 0.1) is 12.9 Å². The first-order chi connectivity index (χ1) is 14.4. The van der Waals surface area contributed by atoms with Crippen molar-refractivity contribution in [3.63, 3.8) is 0 Å². The second-order valence-electron chi connectivity index (χ2n) is 7.47. The van der Waals surface area contributed by atoms with Gasteiger partial charge < -0.3 is 9.64 Å². The normalized spacial score (nSPS) is 15.3. The molecule has 1 saturated heterocycles. The predicted octanol–water partition coefficient (Wildman–Crippen LogP) is 2.51. The molecule has 8 heteroatoms. The average Bonchev–Trinajstić information content (AvgIpc) is 2.77. The fourth-order valence-electron chi connectivity index (χ4n) is 3.53. The molecule has 30 heavy (non-hydrogen) atoms. The van der Waals surface area contributed by atoms with Crippen LogP contribution in [0.25, 0.3) is 0 Å². The lowest BCUT2D eigenvalue weighted by Gasteiger charge is -2.36. The van der Waals surface area contributed by atoms with E-state index in [1.165, 1.54) is 12.1 Å². The van der Waals surface area contributed by atoms with Crippen LogP contribution in [0, 0.1) is 5.82 Å². The second-order valence-corrected chi connectivity index (χ2v) is 9.40. The molecule has 0 spiro atoms. The molecule has 0 bridgehead atoms. The Balaban J connectivity index is 1.32. The number of hydrogen-bond acceptors (Lipinski definition) is 5. The Morgan fingerprint density at radius 1 is 1.00 bits per heavy atom. The maximum Gasteiger partial charge on any atom is 0.211 e. The number of methoxy groups -OCH3 is 1. The minimum absolute atomic E-state index is 0.0790. The van der Waals surface area contributed by atoms with Crippen molar-refractivity contribution in [1.82, 2.24) is 9.62 Å². The Morgan fingerprint density at radius 2 is 1.67 bits per heavy atom. The number of ether oxygens (including phenoxy) is 1. The third-order valence-electron chi connectivity index (χ3n) is 5.36. The molecule has 1 heterocycles. The zero-order valence-corrected chi connectivity index (χ0v) is 18.2. The van der Waals surface area contributed by atoms with Crippen LogP contribution in [0.1, 0.15) is 12.0 Å². The van der Waals surface area contributed by atoms with Gasteiger partial charge >= 0.3 is 0 Å². The average molecular weight is 436 g/mol. The van der Waals surface area contributed by atoms with E-state index in [0.29, 0.717) is 13.0 Å². The summed E-state index contributed by atoms with van der Waals surface area (Å²) >= 11 is 0. The van der Waals surface area contributed by atoms with Gasteiger partial charge in [0.2, 0.25) is 10.0 Å². The van der Waals surface area contributed by atoms with Gasteiger partial charge in [0, 0.05) is 38.4 Å². The Morgan fingerprint density at radius 3 is 2.30 bits per heavy atom. The van der Waals surface area contributed by atoms with Crippen molar-refractivity contribution >= 4 is 15.7 Å². The fourth-order valence-corrected chi connectivity index (χ4v) is 4.63. The number of hydrogen-bond donors (Lipinski definition) is 1. The standard InChI is InChI=1S/C22H30FN3O3S/c1-29-22-9-3-19(4-10-22)11-18-30(27,28)24-12-2-13-25-14-16-26(17-15-25)21-7-5-20(23)6-8-21/h3-10,24H,2,11-18H2,1H3. The maximum atomic E-state index is 13.1. The molecule has 0 aromatic heterocycles. The van der Waals surface area contributed by atoms with E-state index in [1.807, 2.05) is 36.4 Å². The number of sulfonamides is 1. The van der Waals surface area contributed by atoms with Crippen molar-refractivity contribution in [2.45, 2.75) is 12.8 Å². The molecule has 0 amide bonds. The number of rotatable bonds is 10. The molecule has 1 N–H and O–H groups in total. The van der Waals surface area contributed by atoms with E-state index in [2.05, 4.69) is 14.5 Å². The summed E-state index contributed by atoms with van der Waals surface area (Å²) in [6.07, 6.45) is 1.25. The van der Waals surface area contributed by atoms with E-state index in [9.17, 15) is 12.8 Å². The molecule has 0 atom stereocenters. The topological polar surface area (TPSA) is 61.9 Å². The van der Waals surface area contributed by atoms with E-state index < -0.39 is 10.0 Å². The summed E-state index contributed by atoms with van der Waals surface area (Å²) in [5.41, 5.74) is 2.01. The first-order valence-electron chi connectivity index (χ1n) is 10.3. The SMILES string of the molecule is COc1ccc(CCS(=O)(=O)NCCCN2CCN(c3ccc(F)cc3)CC2)cc1. The van der Waals surface area contributed by atoms with Crippen LogP contribution in [0.3, 0.4) is 0 Å². The molecule has 164 valence electrons. The van der Waals surface area contributed by atoms with Gasteiger partial charge in [-0.05, 0) is 61.3 Å². The Labute approximate surface area is 178 Å². The number of nitrogens with one attached hydrogen (secondary N) is 1. The quantitative estimate of drug-likeness (QED) is 0.581. The number of aryl methyl sites for hydroxylation is 1. The van der Waals surface area contributed by atoms with Gasteiger partial charge in [-0.15, -0.1) is 0 Å². The van der Waals surface area contributed by atoms with E-state index >= 15 is 0 Å². The van der Waals surface area contributed by atoms with Gasteiger partial charge in [-0.2, -0.15) is 0 Å². The highest BCUT2D eigenvalue weighted by Gasteiger charge is 2.17. The van der Waals surface area contributed by atoms with Crippen LogP contribution < -0.4 is 14.4 Å². The third kappa shape index (κ3) is 6.97. The van der Waals surface area contributed by atoms with Gasteiger partial charge in [0.15, 0.2) is 0 Å². The molecule has 6 nitrogen and oxygen atoms in total. The van der Waals surface area contributed by atoms with Crippen molar-refractivity contribution in [3.8, 4) is 5.75 Å². The number of benzene rings is 2. The molecular weight excluding hydrogens is 405 g/mol. The van der Waals surface area contributed by atoms with Crippen LogP contribution in [0.5, 0.6) is 5.75 Å². The molecule has 0 radical (unpaired) electrons. The van der Waals surface area contributed by atoms with Crippen molar-refractivity contribution in [2.24, 2.45) is 0 Å². The van der Waals surface area contributed by atoms with E-state index in [-0.39, 0.29) is 11.6 Å². The molecule has 2 aromatic rings. The zero-order valence-electron chi connectivity index (χ0n) is 17.4. The minimum Gasteiger partial charge on any atom is -0.497 e. The lowest BCUT2D eigenvalue weighted by Crippen LogP contribution is -2.47. The number of halogens is 1. The molecule has 0 saturated carbocycles. The number of nitrogens with zero attached hydrogens (tertiary/aromatic N) is 2. The molecule has 1 aliphatic heterocycles. The van der Waals surface area contributed by atoms with Crippen LogP contribution in [-0.2, 0) is 16.4 Å². The summed E-state index contributed by atoms with van der Waals surface area (Å²) in [6.45, 7) is 4.92.